The van der Waals surface area contributed by atoms with E-state index in [1.807, 2.05) is 12.1 Å². The van der Waals surface area contributed by atoms with Crippen LogP contribution in [0.25, 0.3) is 0 Å². The van der Waals surface area contributed by atoms with Gasteiger partial charge in [-0.15, -0.1) is 0 Å². The minimum absolute atomic E-state index is 0.207. The van der Waals surface area contributed by atoms with Crippen molar-refractivity contribution in [3.8, 4) is 5.75 Å². The van der Waals surface area contributed by atoms with E-state index in [1.165, 1.54) is 5.57 Å². The molecule has 1 aliphatic carbocycles. The van der Waals surface area contributed by atoms with Gasteiger partial charge in [0.05, 0.1) is 0 Å². The van der Waals surface area contributed by atoms with E-state index in [1.54, 1.807) is 12.1 Å². The molecule has 84 valence electrons. The SMILES string of the molecule is CC1=CC=CC(C)(c2c(O)cccc2Cl)C1. The molecule has 0 aromatic heterocycles. The Labute approximate surface area is 101 Å². The lowest BCUT2D eigenvalue weighted by molar-refractivity contribution is 0.447. The topological polar surface area (TPSA) is 20.2 Å². The Morgan fingerprint density at radius 2 is 2.12 bits per heavy atom. The molecule has 1 aromatic rings. The van der Waals surface area contributed by atoms with Gasteiger partial charge in [0, 0.05) is 16.0 Å². The van der Waals surface area contributed by atoms with Crippen molar-refractivity contribution < 1.29 is 5.11 Å². The summed E-state index contributed by atoms with van der Waals surface area (Å²) < 4.78 is 0. The van der Waals surface area contributed by atoms with Crippen LogP contribution in [0.1, 0.15) is 25.8 Å². The fourth-order valence-electron chi connectivity index (χ4n) is 2.37. The molecule has 0 radical (unpaired) electrons. The molecule has 0 saturated carbocycles. The number of phenolic OH excluding ortho intramolecular Hbond substituents is 1. The van der Waals surface area contributed by atoms with Crippen LogP contribution < -0.4 is 0 Å². The molecule has 1 atom stereocenters. The lowest BCUT2D eigenvalue weighted by Gasteiger charge is -2.30. The molecule has 0 bridgehead atoms. The highest BCUT2D eigenvalue weighted by Crippen LogP contribution is 2.42. The highest BCUT2D eigenvalue weighted by molar-refractivity contribution is 6.31. The Balaban J connectivity index is 2.53. The molecule has 1 aromatic carbocycles. The maximum absolute atomic E-state index is 9.96. The molecule has 1 nitrogen and oxygen atoms in total. The number of hydrogen-bond acceptors (Lipinski definition) is 1. The third-order valence-corrected chi connectivity index (χ3v) is 3.37. The van der Waals surface area contributed by atoms with E-state index < -0.39 is 0 Å². The van der Waals surface area contributed by atoms with E-state index in [0.717, 1.165) is 12.0 Å². The Kier molecular flexibility index (Phi) is 2.81. The van der Waals surface area contributed by atoms with E-state index in [2.05, 4.69) is 26.0 Å². The van der Waals surface area contributed by atoms with E-state index in [4.69, 9.17) is 11.6 Å². The van der Waals surface area contributed by atoms with Crippen molar-refractivity contribution in [2.24, 2.45) is 0 Å². The Hall–Kier alpha value is -1.21. The first kappa shape index (κ1) is 11.3. The summed E-state index contributed by atoms with van der Waals surface area (Å²) in [6.07, 6.45) is 7.11. The first-order valence-electron chi connectivity index (χ1n) is 5.36. The van der Waals surface area contributed by atoms with Crippen LogP contribution in [0.2, 0.25) is 5.02 Å². The van der Waals surface area contributed by atoms with Gasteiger partial charge >= 0.3 is 0 Å². The third kappa shape index (κ3) is 1.88. The third-order valence-electron chi connectivity index (χ3n) is 3.05. The molecule has 1 unspecified atom stereocenters. The Morgan fingerprint density at radius 1 is 1.38 bits per heavy atom. The first-order chi connectivity index (χ1) is 7.53. The molecule has 0 aliphatic heterocycles. The van der Waals surface area contributed by atoms with Crippen LogP contribution in [-0.2, 0) is 5.41 Å². The zero-order valence-corrected chi connectivity index (χ0v) is 10.3. The number of aromatic hydroxyl groups is 1. The number of rotatable bonds is 1. The lowest BCUT2D eigenvalue weighted by Crippen LogP contribution is -2.21. The predicted molar refractivity (Wildman–Crippen MR) is 68.0 cm³/mol. The van der Waals surface area contributed by atoms with Gasteiger partial charge in [0.2, 0.25) is 0 Å². The van der Waals surface area contributed by atoms with E-state index >= 15 is 0 Å². The quantitative estimate of drug-likeness (QED) is 0.772. The normalized spacial score (nSPS) is 24.3. The summed E-state index contributed by atoms with van der Waals surface area (Å²) in [4.78, 5) is 0. The molecule has 1 aliphatic rings. The average molecular weight is 235 g/mol. The smallest absolute Gasteiger partial charge is 0.121 e. The highest BCUT2D eigenvalue weighted by Gasteiger charge is 2.30. The molecule has 0 heterocycles. The summed E-state index contributed by atoms with van der Waals surface area (Å²) in [5.41, 5.74) is 1.91. The molecule has 0 fully saturated rings. The van der Waals surface area contributed by atoms with E-state index in [-0.39, 0.29) is 11.2 Å². The molecule has 0 amide bonds. The largest absolute Gasteiger partial charge is 0.508 e. The maximum atomic E-state index is 9.96. The molecular weight excluding hydrogens is 220 g/mol. The fraction of sp³-hybridized carbons (Fsp3) is 0.286. The van der Waals surface area contributed by atoms with Gasteiger partial charge < -0.3 is 5.11 Å². The maximum Gasteiger partial charge on any atom is 0.121 e. The van der Waals surface area contributed by atoms with Gasteiger partial charge in [0.25, 0.3) is 0 Å². The van der Waals surface area contributed by atoms with Gasteiger partial charge in [0.1, 0.15) is 5.75 Å². The number of halogens is 1. The van der Waals surface area contributed by atoms with Crippen LogP contribution in [0, 0.1) is 0 Å². The number of hydrogen-bond donors (Lipinski definition) is 1. The zero-order chi connectivity index (χ0) is 11.8. The van der Waals surface area contributed by atoms with Crippen LogP contribution in [-0.4, -0.2) is 5.11 Å². The van der Waals surface area contributed by atoms with Gasteiger partial charge in [-0.1, -0.05) is 48.4 Å². The summed E-state index contributed by atoms with van der Waals surface area (Å²) >= 11 is 6.19. The van der Waals surface area contributed by atoms with Crippen molar-refractivity contribution in [2.45, 2.75) is 25.7 Å². The van der Waals surface area contributed by atoms with Crippen LogP contribution in [0.4, 0.5) is 0 Å². The van der Waals surface area contributed by atoms with Crippen molar-refractivity contribution in [3.63, 3.8) is 0 Å². The van der Waals surface area contributed by atoms with Crippen molar-refractivity contribution in [2.75, 3.05) is 0 Å². The second-order valence-corrected chi connectivity index (χ2v) is 5.01. The molecular formula is C14H15ClO. The molecule has 0 spiro atoms. The first-order valence-corrected chi connectivity index (χ1v) is 5.74. The van der Waals surface area contributed by atoms with Gasteiger partial charge in [-0.25, -0.2) is 0 Å². The summed E-state index contributed by atoms with van der Waals surface area (Å²) in [5.74, 6) is 0.273. The van der Waals surface area contributed by atoms with Gasteiger partial charge in [-0.2, -0.15) is 0 Å². The van der Waals surface area contributed by atoms with Crippen molar-refractivity contribution in [1.82, 2.24) is 0 Å². The van der Waals surface area contributed by atoms with Gasteiger partial charge in [0.15, 0.2) is 0 Å². The minimum Gasteiger partial charge on any atom is -0.508 e. The fourth-order valence-corrected chi connectivity index (χ4v) is 2.76. The standard InChI is InChI=1S/C14H15ClO/c1-10-5-4-8-14(2,9-10)13-11(15)6-3-7-12(13)16/h3-8,16H,9H2,1-2H3. The predicted octanol–water partition coefficient (Wildman–Crippen LogP) is 4.21. The Bertz CT molecular complexity index is 453. The van der Waals surface area contributed by atoms with Crippen LogP contribution in [0.3, 0.4) is 0 Å². The molecule has 0 saturated heterocycles. The highest BCUT2D eigenvalue weighted by atomic mass is 35.5. The summed E-state index contributed by atoms with van der Waals surface area (Å²) in [6.45, 7) is 4.19. The second-order valence-electron chi connectivity index (χ2n) is 4.60. The molecule has 2 rings (SSSR count). The van der Waals surface area contributed by atoms with Crippen LogP contribution in [0.5, 0.6) is 5.75 Å². The summed E-state index contributed by atoms with van der Waals surface area (Å²) in [6, 6.07) is 5.27. The second kappa shape index (κ2) is 3.99. The average Bonchev–Trinajstić information content (AvgIpc) is 2.16. The molecule has 16 heavy (non-hydrogen) atoms. The minimum atomic E-state index is -0.207. The number of benzene rings is 1. The van der Waals surface area contributed by atoms with Crippen molar-refractivity contribution in [1.29, 1.82) is 0 Å². The zero-order valence-electron chi connectivity index (χ0n) is 9.50. The number of allylic oxidation sites excluding steroid dienone is 4. The van der Waals surface area contributed by atoms with Gasteiger partial charge in [-0.05, 0) is 25.5 Å². The Morgan fingerprint density at radius 3 is 2.75 bits per heavy atom. The van der Waals surface area contributed by atoms with Gasteiger partial charge in [-0.3, -0.25) is 0 Å². The molecule has 1 N–H and O–H groups in total. The molecule has 2 heteroatoms. The van der Waals surface area contributed by atoms with E-state index in [9.17, 15) is 5.11 Å². The summed E-state index contributed by atoms with van der Waals surface area (Å²) in [5, 5.41) is 10.6. The summed E-state index contributed by atoms with van der Waals surface area (Å²) in [7, 11) is 0. The van der Waals surface area contributed by atoms with Crippen molar-refractivity contribution >= 4 is 11.6 Å². The van der Waals surface area contributed by atoms with E-state index in [0.29, 0.717) is 5.02 Å². The van der Waals surface area contributed by atoms with Crippen LogP contribution >= 0.6 is 11.6 Å². The van der Waals surface area contributed by atoms with Crippen molar-refractivity contribution in [3.05, 3.63) is 52.6 Å². The lowest BCUT2D eigenvalue weighted by atomic mass is 9.74. The van der Waals surface area contributed by atoms with Crippen LogP contribution in [0.15, 0.2) is 42.0 Å². The number of phenols is 1. The monoisotopic (exact) mass is 234 g/mol.